The fourth-order valence-corrected chi connectivity index (χ4v) is 2.20. The number of aliphatic carboxylic acids is 1. The predicted molar refractivity (Wildman–Crippen MR) is 92.2 cm³/mol. The van der Waals surface area contributed by atoms with Crippen molar-refractivity contribution in [2.75, 3.05) is 6.54 Å². The summed E-state index contributed by atoms with van der Waals surface area (Å²) in [7, 11) is 0. The Morgan fingerprint density at radius 2 is 1.92 bits per heavy atom. The van der Waals surface area contributed by atoms with E-state index in [4.69, 9.17) is 9.84 Å². The van der Waals surface area contributed by atoms with E-state index in [9.17, 15) is 19.8 Å². The number of hydrogen-bond donors (Lipinski definition) is 4. The molecule has 0 heterocycles. The SMILES string of the molecule is CC(C)(C)OC(=O)NCCC(O)C(O)c1cccc(CCC(=O)O)c1. The number of aryl methyl sites for hydroxylation is 1. The van der Waals surface area contributed by atoms with Crippen LogP contribution < -0.4 is 5.32 Å². The van der Waals surface area contributed by atoms with Crippen LogP contribution in [0, 0.1) is 0 Å². The molecule has 0 radical (unpaired) electrons. The Kier molecular flexibility index (Phi) is 7.86. The molecule has 7 heteroatoms. The number of benzene rings is 1. The van der Waals surface area contributed by atoms with Crippen LogP contribution in [0.4, 0.5) is 4.79 Å². The van der Waals surface area contributed by atoms with Gasteiger partial charge in [-0.25, -0.2) is 4.79 Å². The standard InChI is InChI=1S/C18H27NO6/c1-18(2,3)25-17(24)19-10-9-14(20)16(23)13-6-4-5-12(11-13)7-8-15(21)22/h4-6,11,14,16,20,23H,7-10H2,1-3H3,(H,19,24)(H,21,22). The summed E-state index contributed by atoms with van der Waals surface area (Å²) in [4.78, 5) is 22.2. The molecule has 0 aromatic heterocycles. The second kappa shape index (κ2) is 9.39. The highest BCUT2D eigenvalue weighted by molar-refractivity contribution is 5.67. The Labute approximate surface area is 147 Å². The van der Waals surface area contributed by atoms with Crippen LogP contribution in [0.1, 0.15) is 50.8 Å². The molecule has 140 valence electrons. The minimum Gasteiger partial charge on any atom is -0.481 e. The molecule has 2 unspecified atom stereocenters. The highest BCUT2D eigenvalue weighted by atomic mass is 16.6. The third-order valence-corrected chi connectivity index (χ3v) is 3.39. The molecular weight excluding hydrogens is 326 g/mol. The number of amides is 1. The van der Waals surface area contributed by atoms with Gasteiger partial charge in [-0.05, 0) is 44.7 Å². The fraction of sp³-hybridized carbons (Fsp3) is 0.556. The van der Waals surface area contributed by atoms with E-state index in [1.807, 2.05) is 0 Å². The van der Waals surface area contributed by atoms with Crippen LogP contribution in [0.2, 0.25) is 0 Å². The lowest BCUT2D eigenvalue weighted by Crippen LogP contribution is -2.34. The van der Waals surface area contributed by atoms with E-state index < -0.39 is 29.9 Å². The Morgan fingerprint density at radius 1 is 1.24 bits per heavy atom. The number of carbonyl (C=O) groups is 2. The molecule has 1 aromatic carbocycles. The number of alkyl carbamates (subject to hydrolysis) is 1. The molecule has 0 bridgehead atoms. The summed E-state index contributed by atoms with van der Waals surface area (Å²) in [5.74, 6) is -0.890. The summed E-state index contributed by atoms with van der Waals surface area (Å²) < 4.78 is 5.08. The largest absolute Gasteiger partial charge is 0.481 e. The van der Waals surface area contributed by atoms with Gasteiger partial charge in [0.25, 0.3) is 0 Å². The Bertz CT molecular complexity index is 581. The number of rotatable bonds is 8. The molecular formula is C18H27NO6. The zero-order chi connectivity index (χ0) is 19.0. The molecule has 0 saturated heterocycles. The van der Waals surface area contributed by atoms with Crippen LogP contribution in [0.25, 0.3) is 0 Å². The number of nitrogens with one attached hydrogen (secondary N) is 1. The van der Waals surface area contributed by atoms with Gasteiger partial charge in [-0.2, -0.15) is 0 Å². The van der Waals surface area contributed by atoms with E-state index in [1.165, 1.54) is 0 Å². The van der Waals surface area contributed by atoms with Crippen molar-refractivity contribution in [3.8, 4) is 0 Å². The van der Waals surface area contributed by atoms with E-state index in [2.05, 4.69) is 5.32 Å². The third kappa shape index (κ3) is 8.51. The van der Waals surface area contributed by atoms with E-state index >= 15 is 0 Å². The maximum atomic E-state index is 11.5. The maximum Gasteiger partial charge on any atom is 0.407 e. The summed E-state index contributed by atoms with van der Waals surface area (Å²) in [6, 6.07) is 6.83. The van der Waals surface area contributed by atoms with Gasteiger partial charge >= 0.3 is 12.1 Å². The number of aliphatic hydroxyl groups is 2. The van der Waals surface area contributed by atoms with Crippen molar-refractivity contribution in [3.05, 3.63) is 35.4 Å². The minimum absolute atomic E-state index is 0.00190. The van der Waals surface area contributed by atoms with Gasteiger partial charge in [0, 0.05) is 13.0 Å². The lowest BCUT2D eigenvalue weighted by atomic mass is 9.98. The molecule has 0 aliphatic heterocycles. The molecule has 0 fully saturated rings. The summed E-state index contributed by atoms with van der Waals surface area (Å²) in [5.41, 5.74) is 0.684. The average molecular weight is 353 g/mol. The average Bonchev–Trinajstić information content (AvgIpc) is 2.50. The zero-order valence-corrected chi connectivity index (χ0v) is 14.9. The Hall–Kier alpha value is -2.12. The van der Waals surface area contributed by atoms with Crippen LogP contribution in [0.5, 0.6) is 0 Å². The van der Waals surface area contributed by atoms with E-state index in [1.54, 1.807) is 45.0 Å². The summed E-state index contributed by atoms with van der Waals surface area (Å²) >= 11 is 0. The van der Waals surface area contributed by atoms with E-state index in [-0.39, 0.29) is 19.4 Å². The predicted octanol–water partition coefficient (Wildman–Crippen LogP) is 2.01. The number of hydrogen-bond acceptors (Lipinski definition) is 5. The monoisotopic (exact) mass is 353 g/mol. The number of carbonyl (C=O) groups excluding carboxylic acids is 1. The lowest BCUT2D eigenvalue weighted by molar-refractivity contribution is -0.136. The van der Waals surface area contributed by atoms with Gasteiger partial charge in [-0.3, -0.25) is 4.79 Å². The maximum absolute atomic E-state index is 11.5. The summed E-state index contributed by atoms with van der Waals surface area (Å²) in [5, 5.41) is 31.6. The first-order chi connectivity index (χ1) is 11.6. The Balaban J connectivity index is 2.50. The van der Waals surface area contributed by atoms with Crippen LogP contribution in [0.3, 0.4) is 0 Å². The van der Waals surface area contributed by atoms with Crippen molar-refractivity contribution < 1.29 is 29.6 Å². The molecule has 2 atom stereocenters. The molecule has 25 heavy (non-hydrogen) atoms. The van der Waals surface area contributed by atoms with Gasteiger partial charge < -0.3 is 25.4 Å². The third-order valence-electron chi connectivity index (χ3n) is 3.39. The molecule has 1 amide bonds. The molecule has 0 spiro atoms. The van der Waals surface area contributed by atoms with Crippen molar-refractivity contribution in [2.45, 2.75) is 57.8 Å². The van der Waals surface area contributed by atoms with Gasteiger partial charge in [-0.15, -0.1) is 0 Å². The van der Waals surface area contributed by atoms with Crippen molar-refractivity contribution in [3.63, 3.8) is 0 Å². The van der Waals surface area contributed by atoms with Crippen LogP contribution >= 0.6 is 0 Å². The lowest BCUT2D eigenvalue weighted by Gasteiger charge is -2.21. The topological polar surface area (TPSA) is 116 Å². The zero-order valence-electron chi connectivity index (χ0n) is 14.9. The summed E-state index contributed by atoms with van der Waals surface area (Å²) in [6.45, 7) is 5.42. The quantitative estimate of drug-likeness (QED) is 0.568. The van der Waals surface area contributed by atoms with Gasteiger partial charge in [0.2, 0.25) is 0 Å². The molecule has 1 rings (SSSR count). The van der Waals surface area contributed by atoms with E-state index in [0.717, 1.165) is 5.56 Å². The van der Waals surface area contributed by atoms with Gasteiger partial charge in [0.05, 0.1) is 6.10 Å². The number of carboxylic acid groups (broad SMARTS) is 1. The molecule has 7 nitrogen and oxygen atoms in total. The summed E-state index contributed by atoms with van der Waals surface area (Å²) in [6.07, 6.45) is -2.26. The Morgan fingerprint density at radius 3 is 2.52 bits per heavy atom. The van der Waals surface area contributed by atoms with Gasteiger partial charge in [0.15, 0.2) is 0 Å². The minimum atomic E-state index is -1.12. The van der Waals surface area contributed by atoms with E-state index in [0.29, 0.717) is 12.0 Å². The molecule has 0 aliphatic carbocycles. The van der Waals surface area contributed by atoms with Crippen molar-refractivity contribution >= 4 is 12.1 Å². The number of aliphatic hydroxyl groups excluding tert-OH is 2. The van der Waals surface area contributed by atoms with Crippen molar-refractivity contribution in [1.29, 1.82) is 0 Å². The smallest absolute Gasteiger partial charge is 0.407 e. The second-order valence-corrected chi connectivity index (χ2v) is 6.87. The first kappa shape index (κ1) is 20.9. The normalized spacial score (nSPS) is 13.8. The molecule has 1 aromatic rings. The van der Waals surface area contributed by atoms with Crippen molar-refractivity contribution in [2.24, 2.45) is 0 Å². The molecule has 0 aliphatic rings. The highest BCUT2D eigenvalue weighted by Gasteiger charge is 2.20. The second-order valence-electron chi connectivity index (χ2n) is 6.87. The first-order valence-electron chi connectivity index (χ1n) is 8.22. The molecule has 4 N–H and O–H groups in total. The highest BCUT2D eigenvalue weighted by Crippen LogP contribution is 2.20. The number of carboxylic acids is 1. The van der Waals surface area contributed by atoms with Crippen LogP contribution in [-0.4, -0.2) is 45.6 Å². The van der Waals surface area contributed by atoms with Crippen LogP contribution in [0.15, 0.2) is 24.3 Å². The fourth-order valence-electron chi connectivity index (χ4n) is 2.20. The van der Waals surface area contributed by atoms with Crippen molar-refractivity contribution in [1.82, 2.24) is 5.32 Å². The van der Waals surface area contributed by atoms with Gasteiger partial charge in [0.1, 0.15) is 11.7 Å². The van der Waals surface area contributed by atoms with Crippen LogP contribution in [-0.2, 0) is 16.0 Å². The first-order valence-corrected chi connectivity index (χ1v) is 8.22. The van der Waals surface area contributed by atoms with Gasteiger partial charge in [-0.1, -0.05) is 24.3 Å². The molecule has 0 saturated carbocycles. The number of ether oxygens (including phenoxy) is 1.